The number of thiophene rings is 4. The highest BCUT2D eigenvalue weighted by Crippen LogP contribution is 2.50. The Morgan fingerprint density at radius 2 is 0.684 bits per heavy atom. The van der Waals surface area contributed by atoms with Crippen molar-refractivity contribution >= 4 is 148 Å². The molecule has 0 N–H and O–H groups in total. The van der Waals surface area contributed by atoms with Gasteiger partial charge in [0.25, 0.3) is 0 Å². The minimum atomic E-state index is 0.932. The fourth-order valence-corrected chi connectivity index (χ4v) is 14.3. The molecule has 8 heterocycles. The van der Waals surface area contributed by atoms with Gasteiger partial charge < -0.3 is 13.7 Å². The lowest BCUT2D eigenvalue weighted by atomic mass is 10.1. The number of aromatic nitrogens is 5. The highest BCUT2D eigenvalue weighted by molar-refractivity contribution is 7.34. The zero-order chi connectivity index (χ0) is 36.9. The van der Waals surface area contributed by atoms with Crippen LogP contribution in [0.15, 0.2) is 152 Å². The molecule has 5 nitrogen and oxygen atoms in total. The number of benzene rings is 6. The molecule has 266 valence electrons. The molecule has 0 amide bonds. The van der Waals surface area contributed by atoms with Crippen molar-refractivity contribution in [3.8, 4) is 17.1 Å². The molecule has 0 saturated heterocycles. The Hall–Kier alpha value is -6.36. The van der Waals surface area contributed by atoms with Gasteiger partial charge in [-0.1, -0.05) is 84.9 Å². The fourth-order valence-electron chi connectivity index (χ4n) is 9.33. The topological polar surface area (TPSA) is 40.6 Å². The van der Waals surface area contributed by atoms with Crippen LogP contribution >= 0.6 is 45.3 Å². The minimum Gasteiger partial charge on any atom is -0.306 e. The first-order valence-electron chi connectivity index (χ1n) is 18.8. The van der Waals surface area contributed by atoms with Gasteiger partial charge in [0.2, 0.25) is 0 Å². The van der Waals surface area contributed by atoms with E-state index in [2.05, 4.69) is 157 Å². The van der Waals surface area contributed by atoms with Crippen molar-refractivity contribution in [3.05, 3.63) is 152 Å². The van der Waals surface area contributed by atoms with Gasteiger partial charge in [-0.15, -0.1) is 45.3 Å². The van der Waals surface area contributed by atoms with Gasteiger partial charge in [-0.2, -0.15) is 0 Å². The van der Waals surface area contributed by atoms with Crippen molar-refractivity contribution < 1.29 is 0 Å². The largest absolute Gasteiger partial charge is 0.306 e. The van der Waals surface area contributed by atoms with Crippen LogP contribution < -0.4 is 0 Å². The summed E-state index contributed by atoms with van der Waals surface area (Å²) in [5.74, 6) is 0. The van der Waals surface area contributed by atoms with E-state index in [1.54, 1.807) is 6.33 Å². The van der Waals surface area contributed by atoms with Gasteiger partial charge in [0.1, 0.15) is 6.33 Å². The predicted octanol–water partition coefficient (Wildman–Crippen LogP) is 14.6. The molecule has 0 radical (unpaired) electrons. The lowest BCUT2D eigenvalue weighted by Gasteiger charge is -2.12. The maximum Gasteiger partial charge on any atom is 0.115 e. The van der Waals surface area contributed by atoms with Crippen molar-refractivity contribution in [1.29, 1.82) is 0 Å². The molecule has 0 unspecified atom stereocenters. The summed E-state index contributed by atoms with van der Waals surface area (Å²) in [7, 11) is 0. The van der Waals surface area contributed by atoms with Crippen LogP contribution in [-0.4, -0.2) is 23.7 Å². The Balaban J connectivity index is 1.10. The molecule has 9 heteroatoms. The second-order valence-electron chi connectivity index (χ2n) is 14.6. The number of hydrogen-bond acceptors (Lipinski definition) is 6. The average Bonchev–Trinajstić information content (AvgIpc) is 4.12. The van der Waals surface area contributed by atoms with Gasteiger partial charge in [0.15, 0.2) is 0 Å². The first-order chi connectivity index (χ1) is 28.3. The maximum atomic E-state index is 4.53. The number of rotatable bonds is 3. The second kappa shape index (κ2) is 11.1. The summed E-state index contributed by atoms with van der Waals surface area (Å²) in [5.41, 5.74) is 10.6. The van der Waals surface area contributed by atoms with Crippen molar-refractivity contribution in [3.63, 3.8) is 0 Å². The molecule has 0 atom stereocenters. The van der Waals surface area contributed by atoms with Crippen molar-refractivity contribution in [2.75, 3.05) is 0 Å². The molecule has 0 fully saturated rings. The van der Waals surface area contributed by atoms with Crippen molar-refractivity contribution in [2.24, 2.45) is 0 Å². The van der Waals surface area contributed by atoms with E-state index in [1.165, 1.54) is 92.0 Å². The third-order valence-electron chi connectivity index (χ3n) is 11.6. The number of fused-ring (bicyclic) bond motifs is 17. The Morgan fingerprint density at radius 1 is 0.333 bits per heavy atom. The van der Waals surface area contributed by atoms with E-state index in [0.717, 1.165) is 28.1 Å². The molecule has 8 aromatic heterocycles. The standard InChI is InChI=1S/C48H25N5S4/c1-5-13-37-31(9-1)41-45(54-37)46-42(32-10-2-6-14-38(32)55-46)52(41)26-17-19-29-30-20-18-27(22-36(30)51(35(29)21-26)28-23-49-25-50-24-28)53-43-33-11-3-7-15-39(33)56-47(43)48-44(53)34-12-4-8-16-40(34)57-48/h1-25H. The number of hydrogen-bond donors (Lipinski definition) is 0. The summed E-state index contributed by atoms with van der Waals surface area (Å²) in [4.78, 5) is 9.07. The molecule has 0 bridgehead atoms. The van der Waals surface area contributed by atoms with Crippen LogP contribution in [-0.2, 0) is 0 Å². The van der Waals surface area contributed by atoms with Crippen LogP contribution in [0.25, 0.3) is 120 Å². The minimum absolute atomic E-state index is 0.932. The van der Waals surface area contributed by atoms with Crippen molar-refractivity contribution in [2.45, 2.75) is 0 Å². The summed E-state index contributed by atoms with van der Waals surface area (Å²) in [6.45, 7) is 0. The molecular formula is C48H25N5S4. The maximum absolute atomic E-state index is 4.53. The summed E-state index contributed by atoms with van der Waals surface area (Å²) in [5, 5.41) is 7.55. The average molecular weight is 800 g/mol. The van der Waals surface area contributed by atoms with E-state index in [-0.39, 0.29) is 0 Å². The smallest absolute Gasteiger partial charge is 0.115 e. The highest BCUT2D eigenvalue weighted by atomic mass is 32.1. The fraction of sp³-hybridized carbons (Fsp3) is 0. The molecule has 6 aromatic carbocycles. The van der Waals surface area contributed by atoms with E-state index < -0.39 is 0 Å². The Labute approximate surface area is 339 Å². The second-order valence-corrected chi connectivity index (χ2v) is 18.8. The van der Waals surface area contributed by atoms with Crippen LogP contribution in [0, 0.1) is 0 Å². The highest BCUT2D eigenvalue weighted by Gasteiger charge is 2.25. The zero-order valence-electron chi connectivity index (χ0n) is 29.8. The molecule has 0 aliphatic heterocycles. The lowest BCUT2D eigenvalue weighted by Crippen LogP contribution is -1.99. The Kier molecular flexibility index (Phi) is 6.03. The van der Waals surface area contributed by atoms with E-state index in [0.29, 0.717) is 0 Å². The van der Waals surface area contributed by atoms with Crippen LogP contribution in [0.2, 0.25) is 0 Å². The lowest BCUT2D eigenvalue weighted by molar-refractivity contribution is 1.07. The van der Waals surface area contributed by atoms with Gasteiger partial charge in [-0.3, -0.25) is 0 Å². The third kappa shape index (κ3) is 4.01. The quantitative estimate of drug-likeness (QED) is 0.179. The molecule has 14 aromatic rings. The molecule has 0 spiro atoms. The summed E-state index contributed by atoms with van der Waals surface area (Å²) < 4.78 is 18.0. The summed E-state index contributed by atoms with van der Waals surface area (Å²) in [6.07, 6.45) is 5.48. The SMILES string of the molecule is c1ccc2c(c1)sc1c3sc4ccccc4c3n(-c3ccc4c5ccc(-n6c7c8ccccc8sc7c7sc8ccccc8c76)cc5n(-c5cncnc5)c4c3)c21. The van der Waals surface area contributed by atoms with Gasteiger partial charge in [-0.05, 0) is 48.5 Å². The van der Waals surface area contributed by atoms with Gasteiger partial charge in [0.05, 0.1) is 70.0 Å². The molecule has 0 saturated carbocycles. The molecule has 0 aliphatic carbocycles. The number of nitrogens with zero attached hydrogens (tertiary/aromatic N) is 5. The first kappa shape index (κ1) is 30.8. The first-order valence-corrected chi connectivity index (χ1v) is 22.1. The zero-order valence-corrected chi connectivity index (χ0v) is 33.1. The monoisotopic (exact) mass is 799 g/mol. The van der Waals surface area contributed by atoms with Crippen molar-refractivity contribution in [1.82, 2.24) is 23.7 Å². The molecule has 14 rings (SSSR count). The summed E-state index contributed by atoms with van der Waals surface area (Å²) in [6, 6.07) is 49.4. The third-order valence-corrected chi connectivity index (χ3v) is 16.6. The van der Waals surface area contributed by atoms with Crippen LogP contribution in [0.3, 0.4) is 0 Å². The van der Waals surface area contributed by atoms with E-state index in [9.17, 15) is 0 Å². The van der Waals surface area contributed by atoms with Crippen LogP contribution in [0.5, 0.6) is 0 Å². The predicted molar refractivity (Wildman–Crippen MR) is 247 cm³/mol. The van der Waals surface area contributed by atoms with Gasteiger partial charge >= 0.3 is 0 Å². The van der Waals surface area contributed by atoms with E-state index in [1.807, 2.05) is 57.7 Å². The van der Waals surface area contributed by atoms with E-state index >= 15 is 0 Å². The van der Waals surface area contributed by atoms with Gasteiger partial charge in [0, 0.05) is 62.5 Å². The molecular weight excluding hydrogens is 775 g/mol. The summed E-state index contributed by atoms with van der Waals surface area (Å²) >= 11 is 7.60. The normalized spacial score (nSPS) is 12.6. The molecule has 57 heavy (non-hydrogen) atoms. The van der Waals surface area contributed by atoms with Crippen LogP contribution in [0.4, 0.5) is 0 Å². The van der Waals surface area contributed by atoms with E-state index in [4.69, 9.17) is 0 Å². The Morgan fingerprint density at radius 3 is 1.05 bits per heavy atom. The molecule has 0 aliphatic rings. The van der Waals surface area contributed by atoms with Crippen LogP contribution in [0.1, 0.15) is 0 Å². The Bertz CT molecular complexity index is 3580. The van der Waals surface area contributed by atoms with Gasteiger partial charge in [-0.25, -0.2) is 9.97 Å².